The van der Waals surface area contributed by atoms with Crippen LogP contribution in [0.3, 0.4) is 0 Å². The van der Waals surface area contributed by atoms with Crippen molar-refractivity contribution in [1.82, 2.24) is 5.32 Å². The number of carboxylic acid groups (broad SMARTS) is 1. The number of hydrogen-bond acceptors (Lipinski definition) is 2. The summed E-state index contributed by atoms with van der Waals surface area (Å²) in [7, 11) is 0. The van der Waals surface area contributed by atoms with E-state index < -0.39 is 23.3 Å². The Bertz CT molecular complexity index is 576. The first-order valence-electron chi connectivity index (χ1n) is 8.51. The van der Waals surface area contributed by atoms with Crippen LogP contribution in [0, 0.1) is 36.0 Å². The Hall–Kier alpha value is -1.76. The maximum Gasteiger partial charge on any atom is 0.307 e. The number of aliphatic carboxylic acids is 1. The molecular weight excluding hydrogens is 290 g/mol. The molecule has 2 aliphatic rings. The Labute approximate surface area is 138 Å². The number of allylic oxidation sites excluding steroid dienone is 2. The molecule has 0 saturated heterocycles. The maximum absolute atomic E-state index is 12.9. The van der Waals surface area contributed by atoms with E-state index in [0.717, 1.165) is 18.4 Å². The first-order valence-corrected chi connectivity index (χ1v) is 8.51. The average Bonchev–Trinajstić information content (AvgIpc) is 3.08. The molecule has 0 spiro atoms. The van der Waals surface area contributed by atoms with Gasteiger partial charge in [0.05, 0.1) is 11.8 Å². The molecule has 0 radical (unpaired) electrons. The lowest BCUT2D eigenvalue weighted by Crippen LogP contribution is -2.51. The normalized spacial score (nSPS) is 29.3. The third-order valence-electron chi connectivity index (χ3n) is 5.85. The van der Waals surface area contributed by atoms with Gasteiger partial charge in [0.2, 0.25) is 5.91 Å². The highest BCUT2D eigenvalue weighted by Gasteiger charge is 2.57. The molecule has 4 atom stereocenters. The molecule has 2 saturated carbocycles. The van der Waals surface area contributed by atoms with Gasteiger partial charge in [-0.2, -0.15) is 0 Å². The van der Waals surface area contributed by atoms with Gasteiger partial charge < -0.3 is 10.4 Å². The van der Waals surface area contributed by atoms with Crippen molar-refractivity contribution in [3.8, 4) is 12.3 Å². The van der Waals surface area contributed by atoms with Crippen molar-refractivity contribution in [3.63, 3.8) is 0 Å². The van der Waals surface area contributed by atoms with E-state index in [1.165, 1.54) is 5.57 Å². The van der Waals surface area contributed by atoms with Gasteiger partial charge in [-0.25, -0.2) is 0 Å². The lowest BCUT2D eigenvalue weighted by atomic mass is 9.78. The minimum Gasteiger partial charge on any atom is -0.481 e. The van der Waals surface area contributed by atoms with Crippen LogP contribution in [0.25, 0.3) is 0 Å². The van der Waals surface area contributed by atoms with E-state index in [0.29, 0.717) is 12.8 Å². The number of fused-ring (bicyclic) bond motifs is 2. The third-order valence-corrected chi connectivity index (χ3v) is 5.85. The SMILES string of the molecule is C#CC(CC)(CC)NC(=O)[C@H]1[C@@H](C(=O)O)[C@@H]2CC[C@@H]1C2=C(C)C. The number of rotatable bonds is 5. The van der Waals surface area contributed by atoms with E-state index in [-0.39, 0.29) is 17.7 Å². The third kappa shape index (κ3) is 2.78. The summed E-state index contributed by atoms with van der Waals surface area (Å²) in [5, 5.41) is 12.7. The number of carbonyl (C=O) groups is 2. The van der Waals surface area contributed by atoms with Gasteiger partial charge in [0.1, 0.15) is 5.54 Å². The second-order valence-electron chi connectivity index (χ2n) is 7.06. The zero-order valence-electron chi connectivity index (χ0n) is 14.5. The topological polar surface area (TPSA) is 66.4 Å². The van der Waals surface area contributed by atoms with Crippen LogP contribution in [-0.4, -0.2) is 22.5 Å². The zero-order valence-corrected chi connectivity index (χ0v) is 14.5. The first kappa shape index (κ1) is 17.6. The van der Waals surface area contributed by atoms with Crippen molar-refractivity contribution in [2.45, 2.75) is 58.9 Å². The molecule has 23 heavy (non-hydrogen) atoms. The molecule has 2 aliphatic carbocycles. The Balaban J connectivity index is 2.34. The molecule has 0 aromatic rings. The molecule has 1 amide bonds. The molecule has 2 rings (SSSR count). The fraction of sp³-hybridized carbons (Fsp3) is 0.684. The molecular formula is C19H27NO3. The fourth-order valence-electron chi connectivity index (χ4n) is 4.59. The Morgan fingerprint density at radius 3 is 2.13 bits per heavy atom. The van der Waals surface area contributed by atoms with Crippen LogP contribution in [0.15, 0.2) is 11.1 Å². The van der Waals surface area contributed by atoms with E-state index in [2.05, 4.69) is 11.2 Å². The van der Waals surface area contributed by atoms with Crippen LogP contribution in [-0.2, 0) is 9.59 Å². The van der Waals surface area contributed by atoms with Gasteiger partial charge in [-0.15, -0.1) is 6.42 Å². The Morgan fingerprint density at radius 1 is 1.22 bits per heavy atom. The van der Waals surface area contributed by atoms with Gasteiger partial charge in [0, 0.05) is 0 Å². The summed E-state index contributed by atoms with van der Waals surface area (Å²) in [5.41, 5.74) is 1.68. The predicted octanol–water partition coefficient (Wildman–Crippen LogP) is 2.99. The second-order valence-corrected chi connectivity index (χ2v) is 7.06. The number of amides is 1. The summed E-state index contributed by atoms with van der Waals surface area (Å²) < 4.78 is 0. The minimum atomic E-state index is -0.865. The van der Waals surface area contributed by atoms with Crippen LogP contribution < -0.4 is 5.32 Å². The van der Waals surface area contributed by atoms with Gasteiger partial charge in [0.25, 0.3) is 0 Å². The van der Waals surface area contributed by atoms with Crippen molar-refractivity contribution >= 4 is 11.9 Å². The van der Waals surface area contributed by atoms with Crippen molar-refractivity contribution in [1.29, 1.82) is 0 Å². The van der Waals surface area contributed by atoms with Gasteiger partial charge in [0.15, 0.2) is 0 Å². The molecule has 2 bridgehead atoms. The molecule has 0 aromatic carbocycles. The number of nitrogens with one attached hydrogen (secondary N) is 1. The molecule has 0 aromatic heterocycles. The van der Waals surface area contributed by atoms with E-state index in [9.17, 15) is 14.7 Å². The van der Waals surface area contributed by atoms with Gasteiger partial charge >= 0.3 is 5.97 Å². The first-order chi connectivity index (χ1) is 10.8. The summed E-state index contributed by atoms with van der Waals surface area (Å²) in [6, 6.07) is 0. The van der Waals surface area contributed by atoms with E-state index >= 15 is 0 Å². The number of terminal acetylenes is 1. The maximum atomic E-state index is 12.9. The number of hydrogen-bond donors (Lipinski definition) is 2. The van der Waals surface area contributed by atoms with Crippen molar-refractivity contribution in [2.75, 3.05) is 0 Å². The molecule has 0 aliphatic heterocycles. The molecule has 126 valence electrons. The molecule has 2 N–H and O–H groups in total. The summed E-state index contributed by atoms with van der Waals surface area (Å²) in [6.45, 7) is 7.93. The van der Waals surface area contributed by atoms with Crippen molar-refractivity contribution < 1.29 is 14.7 Å². The molecule has 0 heterocycles. The van der Waals surface area contributed by atoms with Crippen molar-refractivity contribution in [2.24, 2.45) is 23.7 Å². The number of carbonyl (C=O) groups excluding carboxylic acids is 1. The minimum absolute atomic E-state index is 0.00161. The van der Waals surface area contributed by atoms with Crippen LogP contribution in [0.4, 0.5) is 0 Å². The van der Waals surface area contributed by atoms with Gasteiger partial charge in [-0.1, -0.05) is 30.9 Å². The highest BCUT2D eigenvalue weighted by molar-refractivity contribution is 5.88. The van der Waals surface area contributed by atoms with Crippen molar-refractivity contribution in [3.05, 3.63) is 11.1 Å². The largest absolute Gasteiger partial charge is 0.481 e. The lowest BCUT2D eigenvalue weighted by Gasteiger charge is -2.32. The molecule has 4 nitrogen and oxygen atoms in total. The standard InChI is InChI=1S/C19H27NO3/c1-6-19(7-2,8-3)20-17(21)15-12-9-10-13(14(12)11(4)5)16(15)18(22)23/h1,12-13,15-16H,7-10H2,2-5H3,(H,20,21)(H,22,23)/t12-,13-,15-,16+/m1/s1. The Morgan fingerprint density at radius 2 is 1.74 bits per heavy atom. The highest BCUT2D eigenvalue weighted by Crippen LogP contribution is 2.57. The summed E-state index contributed by atoms with van der Waals surface area (Å²) in [6.07, 6.45) is 8.67. The second kappa shape index (κ2) is 6.39. The van der Waals surface area contributed by atoms with Gasteiger partial charge in [-0.05, 0) is 51.4 Å². The van der Waals surface area contributed by atoms with Gasteiger partial charge in [-0.3, -0.25) is 9.59 Å². The van der Waals surface area contributed by atoms with E-state index in [1.807, 2.05) is 27.7 Å². The lowest BCUT2D eigenvalue weighted by molar-refractivity contribution is -0.149. The quantitative estimate of drug-likeness (QED) is 0.605. The smallest absolute Gasteiger partial charge is 0.307 e. The molecule has 2 fully saturated rings. The van der Waals surface area contributed by atoms with E-state index in [4.69, 9.17) is 6.42 Å². The summed E-state index contributed by atoms with van der Waals surface area (Å²) >= 11 is 0. The monoisotopic (exact) mass is 317 g/mol. The molecule has 0 unspecified atom stereocenters. The van der Waals surface area contributed by atoms with Crippen LogP contribution in [0.1, 0.15) is 53.4 Å². The summed E-state index contributed by atoms with van der Waals surface area (Å²) in [4.78, 5) is 24.7. The van der Waals surface area contributed by atoms with E-state index in [1.54, 1.807) is 0 Å². The van der Waals surface area contributed by atoms with Crippen LogP contribution >= 0.6 is 0 Å². The van der Waals surface area contributed by atoms with Crippen LogP contribution in [0.5, 0.6) is 0 Å². The average molecular weight is 317 g/mol. The zero-order chi connectivity index (χ0) is 17.4. The van der Waals surface area contributed by atoms with Crippen LogP contribution in [0.2, 0.25) is 0 Å². The molecule has 4 heteroatoms. The Kier molecular flexibility index (Phi) is 4.89. The summed E-state index contributed by atoms with van der Waals surface area (Å²) in [5.74, 6) is 0.577. The highest BCUT2D eigenvalue weighted by atomic mass is 16.4. The fourth-order valence-corrected chi connectivity index (χ4v) is 4.59. The predicted molar refractivity (Wildman–Crippen MR) is 89.5 cm³/mol. The number of carboxylic acids is 1.